The number of amides is 1. The highest BCUT2D eigenvalue weighted by Crippen LogP contribution is 2.42. The average Bonchev–Trinajstić information content (AvgIpc) is 2.93. The molecule has 1 aliphatic rings. The van der Waals surface area contributed by atoms with Gasteiger partial charge in [-0.1, -0.05) is 42.0 Å². The van der Waals surface area contributed by atoms with Crippen LogP contribution in [0.15, 0.2) is 48.5 Å². The maximum atomic E-state index is 11.9. The first-order valence-electron chi connectivity index (χ1n) is 8.85. The van der Waals surface area contributed by atoms with E-state index in [2.05, 4.69) is 58.8 Å². The van der Waals surface area contributed by atoms with Crippen molar-refractivity contribution in [2.24, 2.45) is 0 Å². The normalized spacial score (nSPS) is 16.4. The number of rotatable bonds is 4. The number of carbonyl (C=O) groups is 1. The van der Waals surface area contributed by atoms with Gasteiger partial charge in [0.2, 0.25) is 5.91 Å². The van der Waals surface area contributed by atoms with Crippen LogP contribution in [0, 0.1) is 13.8 Å². The van der Waals surface area contributed by atoms with Gasteiger partial charge in [0.1, 0.15) is 12.4 Å². The van der Waals surface area contributed by atoms with E-state index in [0.717, 1.165) is 28.1 Å². The van der Waals surface area contributed by atoms with Gasteiger partial charge in [0.25, 0.3) is 0 Å². The number of aromatic nitrogens is 2. The highest BCUT2D eigenvalue weighted by molar-refractivity contribution is 8.00. The fraction of sp³-hybridized carbons (Fsp3) is 0.238. The van der Waals surface area contributed by atoms with E-state index in [1.165, 1.54) is 5.56 Å². The minimum absolute atomic E-state index is 0.0201. The summed E-state index contributed by atoms with van der Waals surface area (Å²) in [5, 5.41) is 10.1. The number of carbonyl (C=O) groups excluding carboxylic acids is 1. The first kappa shape index (κ1) is 17.7. The zero-order chi connectivity index (χ0) is 18.8. The van der Waals surface area contributed by atoms with Crippen LogP contribution in [0.2, 0.25) is 0 Å². The van der Waals surface area contributed by atoms with Crippen LogP contribution < -0.4 is 10.1 Å². The molecule has 0 aliphatic carbocycles. The van der Waals surface area contributed by atoms with Gasteiger partial charge in [-0.05, 0) is 37.1 Å². The summed E-state index contributed by atoms with van der Waals surface area (Å²) in [5.74, 6) is 1.85. The second-order valence-corrected chi connectivity index (χ2v) is 7.79. The Hall–Kier alpha value is -2.73. The predicted octanol–water partition coefficient (Wildman–Crippen LogP) is 4.38. The number of benzene rings is 2. The lowest BCUT2D eigenvalue weighted by atomic mass is 10.0. The second-order valence-electron chi connectivity index (χ2n) is 6.69. The van der Waals surface area contributed by atoms with Crippen molar-refractivity contribution in [1.29, 1.82) is 0 Å². The molecule has 0 saturated carbocycles. The Balaban J connectivity index is 1.51. The largest absolute Gasteiger partial charge is 0.489 e. The topological polar surface area (TPSA) is 67.0 Å². The maximum Gasteiger partial charge on any atom is 0.235 e. The van der Waals surface area contributed by atoms with Crippen LogP contribution in [0.5, 0.6) is 5.75 Å². The monoisotopic (exact) mass is 379 g/mol. The highest BCUT2D eigenvalue weighted by Gasteiger charge is 2.28. The molecule has 0 saturated heterocycles. The molecule has 1 atom stereocenters. The Labute approximate surface area is 162 Å². The number of hydrogen-bond acceptors (Lipinski definition) is 4. The summed E-state index contributed by atoms with van der Waals surface area (Å²) in [5.41, 5.74) is 5.53. The van der Waals surface area contributed by atoms with Gasteiger partial charge >= 0.3 is 0 Å². The van der Waals surface area contributed by atoms with E-state index < -0.39 is 0 Å². The van der Waals surface area contributed by atoms with Crippen molar-refractivity contribution in [1.82, 2.24) is 10.2 Å². The molecule has 1 aromatic heterocycles. The van der Waals surface area contributed by atoms with Gasteiger partial charge < -0.3 is 10.1 Å². The third kappa shape index (κ3) is 3.85. The maximum absolute atomic E-state index is 11.9. The summed E-state index contributed by atoms with van der Waals surface area (Å²) in [6.07, 6.45) is 0. The molecule has 1 aliphatic heterocycles. The van der Waals surface area contributed by atoms with Crippen LogP contribution in [0.3, 0.4) is 0 Å². The minimum atomic E-state index is -0.0201. The molecule has 2 aromatic carbocycles. The van der Waals surface area contributed by atoms with Crippen molar-refractivity contribution in [2.45, 2.75) is 25.7 Å². The molecule has 0 spiro atoms. The average molecular weight is 379 g/mol. The van der Waals surface area contributed by atoms with Gasteiger partial charge in [0.15, 0.2) is 5.82 Å². The number of aromatic amines is 1. The van der Waals surface area contributed by atoms with Crippen LogP contribution in [0.4, 0.5) is 5.82 Å². The number of H-pyrrole nitrogens is 1. The predicted molar refractivity (Wildman–Crippen MR) is 108 cm³/mol. The lowest BCUT2D eigenvalue weighted by molar-refractivity contribution is -0.113. The fourth-order valence-corrected chi connectivity index (χ4v) is 4.31. The van der Waals surface area contributed by atoms with Gasteiger partial charge in [-0.15, -0.1) is 11.8 Å². The third-order valence-electron chi connectivity index (χ3n) is 4.60. The number of nitrogens with one attached hydrogen (secondary N) is 2. The molecule has 3 aromatic rings. The Morgan fingerprint density at radius 3 is 2.59 bits per heavy atom. The molecule has 0 fully saturated rings. The number of thioether (sulfide) groups is 1. The van der Waals surface area contributed by atoms with Gasteiger partial charge in [-0.2, -0.15) is 5.10 Å². The standard InChI is InChI=1S/C21H21N3O2S/c1-13-3-5-15(6-4-13)11-26-17-9-7-16(8-10-17)20-19-14(2)23-24-21(19)22-18(25)12-27-20/h3-10,20H,11-12H2,1-2H3,(H2,22,23,24,25)/t20-/m1/s1. The summed E-state index contributed by atoms with van der Waals surface area (Å²) < 4.78 is 5.90. The van der Waals surface area contributed by atoms with Crippen LogP contribution in [-0.2, 0) is 11.4 Å². The number of nitrogens with zero attached hydrogens (tertiary/aromatic N) is 1. The van der Waals surface area contributed by atoms with Crippen molar-refractivity contribution in [3.63, 3.8) is 0 Å². The molecule has 2 heterocycles. The van der Waals surface area contributed by atoms with E-state index in [4.69, 9.17) is 4.74 Å². The second kappa shape index (κ2) is 7.48. The first-order valence-corrected chi connectivity index (χ1v) is 9.89. The highest BCUT2D eigenvalue weighted by atomic mass is 32.2. The van der Waals surface area contributed by atoms with Crippen molar-refractivity contribution in [2.75, 3.05) is 11.1 Å². The van der Waals surface area contributed by atoms with Crippen LogP contribution in [0.25, 0.3) is 0 Å². The van der Waals surface area contributed by atoms with Gasteiger partial charge in [0.05, 0.1) is 11.0 Å². The van der Waals surface area contributed by atoms with Crippen molar-refractivity contribution < 1.29 is 9.53 Å². The van der Waals surface area contributed by atoms with E-state index in [9.17, 15) is 4.79 Å². The Morgan fingerprint density at radius 2 is 1.85 bits per heavy atom. The lowest BCUT2D eigenvalue weighted by Gasteiger charge is -2.16. The molecule has 0 radical (unpaired) electrons. The summed E-state index contributed by atoms with van der Waals surface area (Å²) in [4.78, 5) is 11.9. The molecular formula is C21H21N3O2S. The first-order chi connectivity index (χ1) is 13.1. The van der Waals surface area contributed by atoms with E-state index in [1.807, 2.05) is 19.1 Å². The lowest BCUT2D eigenvalue weighted by Crippen LogP contribution is -2.12. The van der Waals surface area contributed by atoms with Crippen LogP contribution in [-0.4, -0.2) is 21.9 Å². The molecule has 6 heteroatoms. The molecule has 5 nitrogen and oxygen atoms in total. The molecule has 1 amide bonds. The van der Waals surface area contributed by atoms with Crippen molar-refractivity contribution in [3.05, 3.63) is 76.5 Å². The zero-order valence-corrected chi connectivity index (χ0v) is 16.1. The Kier molecular flexibility index (Phi) is 4.90. The van der Waals surface area contributed by atoms with Gasteiger partial charge in [-0.3, -0.25) is 9.89 Å². The molecule has 4 rings (SSSR count). The summed E-state index contributed by atoms with van der Waals surface area (Å²) in [6, 6.07) is 16.4. The number of ether oxygens (including phenoxy) is 1. The summed E-state index contributed by atoms with van der Waals surface area (Å²) in [6.45, 7) is 4.60. The van der Waals surface area contributed by atoms with Crippen LogP contribution in [0.1, 0.15) is 33.2 Å². The molecule has 0 bridgehead atoms. The molecule has 0 unspecified atom stereocenters. The number of anilines is 1. The molecular weight excluding hydrogens is 358 g/mol. The van der Waals surface area contributed by atoms with E-state index in [-0.39, 0.29) is 11.2 Å². The fourth-order valence-electron chi connectivity index (χ4n) is 3.12. The number of aryl methyl sites for hydroxylation is 2. The number of fused-ring (bicyclic) bond motifs is 1. The number of hydrogen-bond donors (Lipinski definition) is 2. The van der Waals surface area contributed by atoms with Gasteiger partial charge in [0, 0.05) is 11.3 Å². The summed E-state index contributed by atoms with van der Waals surface area (Å²) in [7, 11) is 0. The molecule has 138 valence electrons. The quantitative estimate of drug-likeness (QED) is 0.706. The van der Waals surface area contributed by atoms with Crippen molar-refractivity contribution in [3.8, 4) is 5.75 Å². The SMILES string of the molecule is Cc1ccc(COc2ccc([C@H]3SCC(=O)Nc4n[nH]c(C)c43)cc2)cc1. The Bertz CT molecular complexity index is 949. The van der Waals surface area contributed by atoms with Crippen molar-refractivity contribution >= 4 is 23.5 Å². The van der Waals surface area contributed by atoms with Crippen LogP contribution >= 0.6 is 11.8 Å². The Morgan fingerprint density at radius 1 is 1.11 bits per heavy atom. The smallest absolute Gasteiger partial charge is 0.235 e. The molecule has 2 N–H and O–H groups in total. The minimum Gasteiger partial charge on any atom is -0.489 e. The van der Waals surface area contributed by atoms with Gasteiger partial charge in [-0.25, -0.2) is 0 Å². The van der Waals surface area contributed by atoms with E-state index in [1.54, 1.807) is 11.8 Å². The van der Waals surface area contributed by atoms with E-state index >= 15 is 0 Å². The molecule has 27 heavy (non-hydrogen) atoms. The van der Waals surface area contributed by atoms with E-state index in [0.29, 0.717) is 18.2 Å². The zero-order valence-electron chi connectivity index (χ0n) is 15.3. The third-order valence-corrected chi connectivity index (χ3v) is 5.87. The summed E-state index contributed by atoms with van der Waals surface area (Å²) >= 11 is 1.61.